The van der Waals surface area contributed by atoms with E-state index in [0.29, 0.717) is 5.56 Å². The van der Waals surface area contributed by atoms with E-state index in [2.05, 4.69) is 0 Å². The molecular formula is C9H8Cl3NaO3S. The number of rotatable bonds is 2. The number of hydrogen-bond acceptors (Lipinski definition) is 3. The summed E-state index contributed by atoms with van der Waals surface area (Å²) >= 11 is 17.5. The molecule has 0 unspecified atom stereocenters. The molecule has 0 fully saturated rings. The maximum Gasteiger partial charge on any atom is 1.00 e. The standard InChI is InChI=1S/C9H9Cl3O3S.Na/c1-4(2)7-5(10)3-6(16(13,14)15)8(11)9(7)12;/h3-4H,1-2H3,(H,13,14,15);/q;+1/p-1. The summed E-state index contributed by atoms with van der Waals surface area (Å²) in [4.78, 5) is -0.589. The Balaban J connectivity index is 0.00000256. The van der Waals surface area contributed by atoms with Crippen LogP contribution in [-0.2, 0) is 10.1 Å². The van der Waals surface area contributed by atoms with Crippen molar-refractivity contribution in [2.24, 2.45) is 0 Å². The van der Waals surface area contributed by atoms with Crippen LogP contribution in [0.1, 0.15) is 25.3 Å². The van der Waals surface area contributed by atoms with Gasteiger partial charge in [0.1, 0.15) is 10.1 Å². The minimum atomic E-state index is -4.67. The number of halogens is 3. The molecular weight excluding hydrogens is 318 g/mol. The Bertz CT molecular complexity index is 529. The van der Waals surface area contributed by atoms with Crippen molar-refractivity contribution >= 4 is 44.9 Å². The fourth-order valence-corrected chi connectivity index (χ4v) is 3.33. The molecule has 1 rings (SSSR count). The molecule has 0 aliphatic heterocycles. The van der Waals surface area contributed by atoms with Crippen LogP contribution in [0.15, 0.2) is 11.0 Å². The van der Waals surface area contributed by atoms with Gasteiger partial charge < -0.3 is 4.55 Å². The minimum Gasteiger partial charge on any atom is -0.744 e. The van der Waals surface area contributed by atoms with E-state index in [-0.39, 0.29) is 50.5 Å². The Kier molecular flexibility index (Phi) is 6.82. The molecule has 0 aliphatic carbocycles. The Morgan fingerprint density at radius 3 is 2.00 bits per heavy atom. The second-order valence-electron chi connectivity index (χ2n) is 3.51. The summed E-state index contributed by atoms with van der Waals surface area (Å²) in [7, 11) is -4.67. The predicted octanol–water partition coefficient (Wildman–Crippen LogP) is 0.678. The first-order valence-electron chi connectivity index (χ1n) is 4.29. The summed E-state index contributed by atoms with van der Waals surface area (Å²) in [6, 6.07) is 1.04. The van der Waals surface area contributed by atoms with Crippen LogP contribution in [0.3, 0.4) is 0 Å². The maximum absolute atomic E-state index is 10.9. The summed E-state index contributed by atoms with van der Waals surface area (Å²) in [6.45, 7) is 3.66. The Morgan fingerprint density at radius 2 is 1.65 bits per heavy atom. The maximum atomic E-state index is 10.9. The van der Waals surface area contributed by atoms with Crippen LogP contribution in [0.4, 0.5) is 0 Å². The molecule has 0 amide bonds. The molecule has 0 bridgehead atoms. The third kappa shape index (κ3) is 3.98. The zero-order chi connectivity index (χ0) is 12.7. The smallest absolute Gasteiger partial charge is 0.744 e. The fraction of sp³-hybridized carbons (Fsp3) is 0.333. The molecule has 0 saturated heterocycles. The average Bonchev–Trinajstić information content (AvgIpc) is 2.09. The largest absolute Gasteiger partial charge is 1.00 e. The van der Waals surface area contributed by atoms with Gasteiger partial charge in [-0.1, -0.05) is 48.7 Å². The summed E-state index contributed by atoms with van der Waals surface area (Å²) < 4.78 is 32.6. The van der Waals surface area contributed by atoms with E-state index in [1.54, 1.807) is 0 Å². The van der Waals surface area contributed by atoms with E-state index in [4.69, 9.17) is 34.8 Å². The van der Waals surface area contributed by atoms with Gasteiger partial charge in [-0.05, 0) is 17.5 Å². The number of hydrogen-bond donors (Lipinski definition) is 0. The zero-order valence-electron chi connectivity index (χ0n) is 9.42. The first kappa shape index (κ1) is 18.0. The van der Waals surface area contributed by atoms with Crippen molar-refractivity contribution in [3.63, 3.8) is 0 Å². The molecule has 0 atom stereocenters. The summed E-state index contributed by atoms with van der Waals surface area (Å²) in [5.74, 6) is -0.0269. The van der Waals surface area contributed by atoms with Crippen molar-refractivity contribution in [3.8, 4) is 0 Å². The van der Waals surface area contributed by atoms with E-state index < -0.39 is 15.0 Å². The van der Waals surface area contributed by atoms with Gasteiger partial charge in [0.15, 0.2) is 0 Å². The third-order valence-electron chi connectivity index (χ3n) is 2.01. The summed E-state index contributed by atoms with van der Waals surface area (Å²) in [5, 5.41) is -0.137. The van der Waals surface area contributed by atoms with Crippen molar-refractivity contribution in [2.45, 2.75) is 24.7 Å². The van der Waals surface area contributed by atoms with Crippen molar-refractivity contribution in [1.29, 1.82) is 0 Å². The van der Waals surface area contributed by atoms with Crippen molar-refractivity contribution < 1.29 is 42.5 Å². The van der Waals surface area contributed by atoms with E-state index >= 15 is 0 Å². The van der Waals surface area contributed by atoms with E-state index in [0.717, 1.165) is 6.07 Å². The Labute approximate surface area is 137 Å². The van der Waals surface area contributed by atoms with Crippen molar-refractivity contribution in [1.82, 2.24) is 0 Å². The third-order valence-corrected chi connectivity index (χ3v) is 4.17. The Morgan fingerprint density at radius 1 is 1.18 bits per heavy atom. The monoisotopic (exact) mass is 324 g/mol. The van der Waals surface area contributed by atoms with Crippen LogP contribution in [0.2, 0.25) is 15.1 Å². The molecule has 3 nitrogen and oxygen atoms in total. The normalized spacial score (nSPS) is 11.5. The number of benzene rings is 1. The van der Waals surface area contributed by atoms with Crippen LogP contribution in [0, 0.1) is 0 Å². The molecule has 0 radical (unpaired) electrons. The molecule has 0 spiro atoms. The van der Waals surface area contributed by atoms with Crippen molar-refractivity contribution in [3.05, 3.63) is 26.7 Å². The first-order valence-corrected chi connectivity index (χ1v) is 6.83. The van der Waals surface area contributed by atoms with Gasteiger partial charge in [-0.15, -0.1) is 0 Å². The van der Waals surface area contributed by atoms with Gasteiger partial charge in [0.05, 0.1) is 14.9 Å². The molecule has 1 aromatic carbocycles. The van der Waals surface area contributed by atoms with Crippen LogP contribution < -0.4 is 29.6 Å². The fourth-order valence-electron chi connectivity index (χ4n) is 1.30. The molecule has 90 valence electrons. The molecule has 17 heavy (non-hydrogen) atoms. The molecule has 0 heterocycles. The molecule has 1 aromatic rings. The molecule has 0 N–H and O–H groups in total. The molecule has 8 heteroatoms. The average molecular weight is 326 g/mol. The topological polar surface area (TPSA) is 57.2 Å². The van der Waals surface area contributed by atoms with Crippen LogP contribution in [0.25, 0.3) is 0 Å². The van der Waals surface area contributed by atoms with Gasteiger partial charge in [0.2, 0.25) is 0 Å². The SMILES string of the molecule is CC(C)c1c(Cl)cc(S(=O)(=O)[O-])c(Cl)c1Cl.[Na+]. The Hall–Kier alpha value is 1.000. The van der Waals surface area contributed by atoms with Gasteiger partial charge >= 0.3 is 29.6 Å². The van der Waals surface area contributed by atoms with E-state index in [1.807, 2.05) is 13.8 Å². The first-order chi connectivity index (χ1) is 7.16. The van der Waals surface area contributed by atoms with Gasteiger partial charge in [-0.2, -0.15) is 0 Å². The zero-order valence-corrected chi connectivity index (χ0v) is 14.5. The molecule has 0 aromatic heterocycles. The van der Waals surface area contributed by atoms with Crippen molar-refractivity contribution in [2.75, 3.05) is 0 Å². The molecule has 0 saturated carbocycles. The van der Waals surface area contributed by atoms with Gasteiger partial charge in [-0.3, -0.25) is 0 Å². The van der Waals surface area contributed by atoms with E-state index in [1.165, 1.54) is 0 Å². The van der Waals surface area contributed by atoms with Crippen LogP contribution in [0.5, 0.6) is 0 Å². The van der Waals surface area contributed by atoms with Gasteiger partial charge in [-0.25, -0.2) is 8.42 Å². The quantitative estimate of drug-likeness (QED) is 0.456. The van der Waals surface area contributed by atoms with Gasteiger partial charge in [0.25, 0.3) is 0 Å². The van der Waals surface area contributed by atoms with E-state index in [9.17, 15) is 13.0 Å². The summed E-state index contributed by atoms with van der Waals surface area (Å²) in [5.41, 5.74) is 0.528. The van der Waals surface area contributed by atoms with Crippen LogP contribution >= 0.6 is 34.8 Å². The minimum absolute atomic E-state index is 0. The predicted molar refractivity (Wildman–Crippen MR) is 63.5 cm³/mol. The second-order valence-corrected chi connectivity index (χ2v) is 6.02. The molecule has 0 aliphatic rings. The second kappa shape index (κ2) is 6.44. The summed E-state index contributed by atoms with van der Waals surface area (Å²) in [6.07, 6.45) is 0. The van der Waals surface area contributed by atoms with Gasteiger partial charge in [0, 0.05) is 5.02 Å². The van der Waals surface area contributed by atoms with Crippen LogP contribution in [-0.4, -0.2) is 13.0 Å².